The van der Waals surface area contributed by atoms with Gasteiger partial charge in [-0.15, -0.1) is 0 Å². The number of hydrogen-bond acceptors (Lipinski definition) is 6. The van der Waals surface area contributed by atoms with E-state index in [9.17, 15) is 5.26 Å². The van der Waals surface area contributed by atoms with Gasteiger partial charge >= 0.3 is 7.12 Å². The fourth-order valence-corrected chi connectivity index (χ4v) is 3.71. The van der Waals surface area contributed by atoms with Crippen LogP contribution in [0.15, 0.2) is 30.3 Å². The van der Waals surface area contributed by atoms with E-state index < -0.39 is 18.3 Å². The van der Waals surface area contributed by atoms with Crippen LogP contribution in [0, 0.1) is 18.3 Å². The molecule has 0 saturated carbocycles. The Kier molecular flexibility index (Phi) is 7.11. The summed E-state index contributed by atoms with van der Waals surface area (Å²) < 4.78 is 23.4. The number of benzene rings is 1. The molecule has 168 valence electrons. The third kappa shape index (κ3) is 5.05. The maximum atomic E-state index is 9.23. The predicted molar refractivity (Wildman–Crippen MR) is 126 cm³/mol. The van der Waals surface area contributed by atoms with Crippen molar-refractivity contribution in [3.63, 3.8) is 0 Å². The Bertz CT molecular complexity index is 1080. The summed E-state index contributed by atoms with van der Waals surface area (Å²) in [6.45, 7) is 9.87. The minimum absolute atomic E-state index is 0.232. The molecule has 1 saturated heterocycles. The zero-order chi connectivity index (χ0) is 23.7. The molecule has 6 nitrogen and oxygen atoms in total. The van der Waals surface area contributed by atoms with Crippen LogP contribution in [0.3, 0.4) is 0 Å². The fraction of sp³-hybridized carbons (Fsp3) is 0.391. The molecule has 0 radical (unpaired) electrons. The molecule has 2 aromatic rings. The van der Waals surface area contributed by atoms with Crippen LogP contribution < -0.4 is 9.47 Å². The van der Waals surface area contributed by atoms with Gasteiger partial charge in [-0.25, -0.2) is 4.98 Å². The lowest BCUT2D eigenvalue weighted by Gasteiger charge is -2.32. The summed E-state index contributed by atoms with van der Waals surface area (Å²) in [7, 11) is 1.03. The number of hydrogen-bond donors (Lipinski definition) is 0. The van der Waals surface area contributed by atoms with Gasteiger partial charge in [0.1, 0.15) is 10.8 Å². The summed E-state index contributed by atoms with van der Waals surface area (Å²) in [5.74, 6) is 2.89. The molecule has 0 spiro atoms. The second-order valence-electron chi connectivity index (χ2n) is 8.47. The molecule has 1 fully saturated rings. The number of aromatic nitrogens is 1. The highest BCUT2D eigenvalue weighted by Crippen LogP contribution is 2.41. The minimum atomic E-state index is -0.461. The second-order valence-corrected chi connectivity index (χ2v) is 9.29. The molecule has 0 aliphatic carbocycles. The number of nitriles is 1. The molecule has 0 bridgehead atoms. The van der Waals surface area contributed by atoms with Crippen LogP contribution in [-0.4, -0.2) is 30.4 Å². The van der Waals surface area contributed by atoms with Gasteiger partial charge < -0.3 is 18.8 Å². The molecule has 0 N–H and O–H groups in total. The summed E-state index contributed by atoms with van der Waals surface area (Å²) in [5, 5.41) is 9.85. The lowest BCUT2D eigenvalue weighted by molar-refractivity contribution is 0.00578. The predicted octanol–water partition coefficient (Wildman–Crippen LogP) is 6.10. The van der Waals surface area contributed by atoms with E-state index in [4.69, 9.17) is 42.0 Å². The number of ether oxygens (including phenoxy) is 2. The number of rotatable bonds is 6. The normalized spacial score (nSPS) is 16.9. The van der Waals surface area contributed by atoms with Crippen molar-refractivity contribution >= 4 is 30.3 Å². The third-order valence-corrected chi connectivity index (χ3v) is 6.22. The van der Waals surface area contributed by atoms with Gasteiger partial charge in [0.15, 0.2) is 5.75 Å². The van der Waals surface area contributed by atoms with Crippen molar-refractivity contribution in [2.45, 2.75) is 52.2 Å². The van der Waals surface area contributed by atoms with Crippen molar-refractivity contribution in [1.82, 2.24) is 4.98 Å². The highest BCUT2D eigenvalue weighted by molar-refractivity contribution is 6.51. The fourth-order valence-electron chi connectivity index (χ4n) is 3.21. The standard InChI is InChI=1S/C23H25BCl2N2O4/c1-14-18(8-7-9-24-31-22(2,3)23(4,5)32-24)20(19(26)21(28-14)29-6)30-17-11-15(13-27)10-16(25)12-17/h7,9-12H,8H2,1-6H3/b9-7+. The van der Waals surface area contributed by atoms with E-state index in [1.54, 1.807) is 18.2 Å². The first-order valence-corrected chi connectivity index (χ1v) is 10.9. The van der Waals surface area contributed by atoms with Crippen LogP contribution in [0.1, 0.15) is 44.5 Å². The second kappa shape index (κ2) is 9.32. The molecular formula is C23H25BCl2N2O4. The van der Waals surface area contributed by atoms with Crippen molar-refractivity contribution in [3.05, 3.63) is 57.1 Å². The molecule has 9 heteroatoms. The number of aryl methyl sites for hydroxylation is 1. The summed E-state index contributed by atoms with van der Waals surface area (Å²) in [4.78, 5) is 4.43. The first-order chi connectivity index (χ1) is 15.0. The Morgan fingerprint density at radius 2 is 1.81 bits per heavy atom. The Balaban J connectivity index is 1.92. The van der Waals surface area contributed by atoms with Crippen molar-refractivity contribution in [1.29, 1.82) is 5.26 Å². The Morgan fingerprint density at radius 3 is 2.41 bits per heavy atom. The average molecular weight is 475 g/mol. The number of methoxy groups -OCH3 is 1. The molecule has 1 aromatic carbocycles. The van der Waals surface area contributed by atoms with E-state index >= 15 is 0 Å². The first kappa shape index (κ1) is 24.4. The zero-order valence-corrected chi connectivity index (χ0v) is 20.5. The highest BCUT2D eigenvalue weighted by Gasteiger charge is 2.49. The van der Waals surface area contributed by atoms with Gasteiger partial charge in [-0.05, 0) is 59.2 Å². The van der Waals surface area contributed by atoms with E-state index in [0.29, 0.717) is 34.2 Å². The number of pyridine rings is 1. The number of nitrogens with zero attached hydrogens (tertiary/aromatic N) is 2. The summed E-state index contributed by atoms with van der Waals surface area (Å²) >= 11 is 12.7. The van der Waals surface area contributed by atoms with Gasteiger partial charge in [0.05, 0.1) is 29.9 Å². The van der Waals surface area contributed by atoms with E-state index in [1.165, 1.54) is 7.11 Å². The van der Waals surface area contributed by atoms with Crippen molar-refractivity contribution in [3.8, 4) is 23.4 Å². The lowest BCUT2D eigenvalue weighted by atomic mass is 9.89. The molecule has 2 heterocycles. The van der Waals surface area contributed by atoms with Gasteiger partial charge in [-0.1, -0.05) is 35.3 Å². The quantitative estimate of drug-likeness (QED) is 0.471. The zero-order valence-electron chi connectivity index (χ0n) is 19.0. The van der Waals surface area contributed by atoms with Crippen LogP contribution in [0.25, 0.3) is 0 Å². The van der Waals surface area contributed by atoms with Crippen LogP contribution >= 0.6 is 23.2 Å². The largest absolute Gasteiger partial charge is 0.486 e. The molecule has 0 unspecified atom stereocenters. The van der Waals surface area contributed by atoms with Crippen molar-refractivity contribution < 1.29 is 18.8 Å². The summed E-state index contributed by atoms with van der Waals surface area (Å²) in [5.41, 5.74) is 1.01. The van der Waals surface area contributed by atoms with Crippen molar-refractivity contribution in [2.75, 3.05) is 7.11 Å². The lowest BCUT2D eigenvalue weighted by Crippen LogP contribution is -2.41. The molecule has 0 atom stereocenters. The Labute approximate surface area is 199 Å². The van der Waals surface area contributed by atoms with E-state index in [0.717, 1.165) is 5.56 Å². The van der Waals surface area contributed by atoms with Gasteiger partial charge in [0, 0.05) is 16.3 Å². The van der Waals surface area contributed by atoms with Crippen LogP contribution in [0.5, 0.6) is 17.4 Å². The summed E-state index contributed by atoms with van der Waals surface area (Å²) in [6, 6.07) is 6.83. The van der Waals surface area contributed by atoms with Gasteiger partial charge in [-0.2, -0.15) is 5.26 Å². The van der Waals surface area contributed by atoms with Gasteiger partial charge in [0.25, 0.3) is 0 Å². The average Bonchev–Trinajstić information content (AvgIpc) is 2.92. The van der Waals surface area contributed by atoms with E-state index in [-0.39, 0.29) is 10.9 Å². The van der Waals surface area contributed by atoms with Crippen LogP contribution in [-0.2, 0) is 15.7 Å². The Hall–Kier alpha value is -2.24. The number of allylic oxidation sites excluding steroid dienone is 1. The van der Waals surface area contributed by atoms with Crippen LogP contribution in [0.2, 0.25) is 10.0 Å². The smallest absolute Gasteiger partial charge is 0.480 e. The Morgan fingerprint density at radius 1 is 1.16 bits per heavy atom. The number of halogens is 2. The topological polar surface area (TPSA) is 73.6 Å². The molecule has 3 rings (SSSR count). The molecule has 1 aliphatic heterocycles. The summed E-state index contributed by atoms with van der Waals surface area (Å²) in [6.07, 6.45) is 2.40. The molecule has 0 amide bonds. The molecule has 32 heavy (non-hydrogen) atoms. The van der Waals surface area contributed by atoms with Crippen LogP contribution in [0.4, 0.5) is 0 Å². The van der Waals surface area contributed by atoms with E-state index in [2.05, 4.69) is 11.1 Å². The molecule has 1 aliphatic rings. The highest BCUT2D eigenvalue weighted by atomic mass is 35.5. The maximum Gasteiger partial charge on any atom is 0.486 e. The van der Waals surface area contributed by atoms with E-state index in [1.807, 2.05) is 46.7 Å². The first-order valence-electron chi connectivity index (χ1n) is 10.1. The minimum Gasteiger partial charge on any atom is -0.480 e. The maximum absolute atomic E-state index is 9.23. The van der Waals surface area contributed by atoms with Gasteiger partial charge in [0.2, 0.25) is 5.88 Å². The van der Waals surface area contributed by atoms with Crippen molar-refractivity contribution in [2.24, 2.45) is 0 Å². The SMILES string of the molecule is COc1nc(C)c(C/C=C/B2OC(C)(C)C(C)(C)O2)c(Oc2cc(Cl)cc(C#N)c2)c1Cl. The third-order valence-electron chi connectivity index (χ3n) is 5.67. The molecule has 1 aromatic heterocycles. The van der Waals surface area contributed by atoms with Gasteiger partial charge in [-0.3, -0.25) is 0 Å². The molecular weight excluding hydrogens is 450 g/mol. The monoisotopic (exact) mass is 474 g/mol.